The molecule has 0 aromatic heterocycles. The predicted octanol–water partition coefficient (Wildman–Crippen LogP) is 28.1. The summed E-state index contributed by atoms with van der Waals surface area (Å²) in [5, 5.41) is 9.91. The van der Waals surface area contributed by atoms with Gasteiger partial charge in [0.1, 0.15) is 0 Å². The topological polar surface area (TPSA) is 33.6 Å². The Balaban J connectivity index is 0.000000154. The summed E-state index contributed by atoms with van der Waals surface area (Å²) in [5.41, 5.74) is 27.4. The van der Waals surface area contributed by atoms with Crippen LogP contribution in [0.15, 0.2) is 406 Å². The highest BCUT2D eigenvalue weighted by atomic mass is 31.0. The fourth-order valence-corrected chi connectivity index (χ4v) is 16.4. The van der Waals surface area contributed by atoms with Crippen molar-refractivity contribution < 1.29 is 1.41 Å². The van der Waals surface area contributed by atoms with E-state index in [1.807, 2.05) is 0 Å². The summed E-state index contributed by atoms with van der Waals surface area (Å²) in [6.45, 7) is 4.73. The predicted molar refractivity (Wildman–Crippen MR) is 446 cm³/mol. The molecule has 2 aliphatic rings. The van der Waals surface area contributed by atoms with Gasteiger partial charge in [-0.2, -0.15) is 0 Å². The lowest BCUT2D eigenvalue weighted by Gasteiger charge is -2.35. The Labute approximate surface area is 618 Å². The van der Waals surface area contributed by atoms with Crippen LogP contribution in [0.1, 0.15) is 47.2 Å². The Morgan fingerprint density at radius 2 is 0.619 bits per heavy atom. The number of rotatable bonds is 13. The number of hydrogen-bond donors (Lipinski definition) is 1. The second-order valence-electron chi connectivity index (χ2n) is 27.5. The third kappa shape index (κ3) is 11.8. The molecule has 5 heteroatoms. The lowest BCUT2D eigenvalue weighted by atomic mass is 9.67. The maximum absolute atomic E-state index is 5.75. The van der Waals surface area contributed by atoms with Gasteiger partial charge in [0, 0.05) is 56.0 Å². The minimum Gasteiger partial charge on any atom is -0.310 e. The zero-order valence-corrected chi connectivity index (χ0v) is 59.5. The highest BCUT2D eigenvalue weighted by Gasteiger charge is 2.47. The van der Waals surface area contributed by atoms with Crippen LogP contribution in [0, 0.1) is 5.15 Å². The minimum atomic E-state index is -0.533. The molecule has 0 amide bonds. The summed E-state index contributed by atoms with van der Waals surface area (Å²) in [7, 11) is 2.48. The number of benzene rings is 17. The van der Waals surface area contributed by atoms with Gasteiger partial charge in [-0.05, 0) is 212 Å². The maximum atomic E-state index is 5.75. The van der Waals surface area contributed by atoms with Gasteiger partial charge in [0.25, 0.3) is 0 Å². The SMILES string of the molecule is CC1(C)c2ccccc2-c2ccc(N(c3ccc4c(c3)C(c3ccccc3)(c3ccccc3)c3ccc(-c5ccccc5)cc3-4)c3ccc4ccccc4c3)cc21.[2H]N=P.c1ccc(N(c2ccc(-c3ccc(N(c4ccccc4)c4cccc5ccccc45)cc3)cc2)c2cccc3ccccc23)cc1. The first kappa shape index (κ1) is 64.1. The Morgan fingerprint density at radius 3 is 1.16 bits per heavy atom. The first-order chi connectivity index (χ1) is 52.3. The molecule has 0 bridgehead atoms. The van der Waals surface area contributed by atoms with Gasteiger partial charge in [0.2, 0.25) is 0 Å². The van der Waals surface area contributed by atoms with E-state index in [0.717, 1.165) is 51.2 Å². The fourth-order valence-electron chi connectivity index (χ4n) is 16.4. The molecular formula is C100H75N4P. The largest absolute Gasteiger partial charge is 0.310 e. The Hall–Kier alpha value is -13.0. The van der Waals surface area contributed by atoms with Crippen LogP contribution < -0.4 is 14.7 Å². The van der Waals surface area contributed by atoms with Crippen LogP contribution in [0.25, 0.3) is 76.8 Å². The molecule has 0 spiro atoms. The van der Waals surface area contributed by atoms with Crippen LogP contribution in [-0.2, 0) is 10.8 Å². The molecular weight excluding hydrogens is 1290 g/mol. The van der Waals surface area contributed by atoms with Crippen molar-refractivity contribution in [1.82, 2.24) is 0 Å². The Kier molecular flexibility index (Phi) is 17.2. The second kappa shape index (κ2) is 28.1. The van der Waals surface area contributed by atoms with Crippen molar-refractivity contribution >= 4 is 92.5 Å². The van der Waals surface area contributed by atoms with Crippen LogP contribution in [0.3, 0.4) is 0 Å². The monoisotopic (exact) mass is 1360 g/mol. The minimum absolute atomic E-state index is 0.122. The zero-order valence-electron chi connectivity index (χ0n) is 59.5. The number of anilines is 9. The van der Waals surface area contributed by atoms with Crippen molar-refractivity contribution in [3.05, 3.63) is 440 Å². The third-order valence-corrected chi connectivity index (χ3v) is 21.3. The summed E-state index contributed by atoms with van der Waals surface area (Å²) in [4.78, 5) is 7.17. The molecule has 105 heavy (non-hydrogen) atoms. The number of para-hydroxylation sites is 2. The van der Waals surface area contributed by atoms with E-state index in [2.05, 4.69) is 449 Å². The van der Waals surface area contributed by atoms with E-state index in [0.29, 0.717) is 0 Å². The van der Waals surface area contributed by atoms with Gasteiger partial charge in [-0.3, -0.25) is 5.15 Å². The van der Waals surface area contributed by atoms with Crippen LogP contribution in [-0.4, -0.2) is 0 Å². The summed E-state index contributed by atoms with van der Waals surface area (Å²) < 4.78 is 5.75. The molecule has 1 N–H and O–H groups in total. The van der Waals surface area contributed by atoms with E-state index < -0.39 is 5.41 Å². The molecule has 0 saturated heterocycles. The van der Waals surface area contributed by atoms with Crippen LogP contribution in [0.2, 0.25) is 1.41 Å². The maximum Gasteiger partial charge on any atom is 0.192 e. The zero-order chi connectivity index (χ0) is 71.6. The molecule has 0 atom stereocenters. The molecule has 2 aliphatic carbocycles. The second-order valence-corrected chi connectivity index (χ2v) is 27.5. The summed E-state index contributed by atoms with van der Waals surface area (Å²) in [6, 6.07) is 148. The highest BCUT2D eigenvalue weighted by Crippen LogP contribution is 2.59. The highest BCUT2D eigenvalue weighted by molar-refractivity contribution is 7.02. The number of nitrogens with one attached hydrogen (secondary N) is 1. The van der Waals surface area contributed by atoms with Crippen LogP contribution in [0.4, 0.5) is 51.2 Å². The quantitative estimate of drug-likeness (QED) is 0.117. The van der Waals surface area contributed by atoms with Crippen molar-refractivity contribution in [1.29, 1.82) is 5.15 Å². The first-order valence-corrected chi connectivity index (χ1v) is 36.4. The number of fused-ring (bicyclic) bond motifs is 9. The average molecular weight is 1360 g/mol. The van der Waals surface area contributed by atoms with Crippen molar-refractivity contribution in [2.24, 2.45) is 0 Å². The van der Waals surface area contributed by atoms with Crippen molar-refractivity contribution in [2.45, 2.75) is 24.7 Å². The molecule has 17 aromatic rings. The van der Waals surface area contributed by atoms with Gasteiger partial charge in [-0.1, -0.05) is 317 Å². The van der Waals surface area contributed by atoms with E-state index in [9.17, 15) is 0 Å². The van der Waals surface area contributed by atoms with Crippen LogP contribution >= 0.6 is 9.03 Å². The lowest BCUT2D eigenvalue weighted by molar-refractivity contribution is 0.660. The molecule has 0 aliphatic heterocycles. The van der Waals surface area contributed by atoms with E-state index >= 15 is 0 Å². The van der Waals surface area contributed by atoms with E-state index in [-0.39, 0.29) is 5.41 Å². The Morgan fingerprint density at radius 1 is 0.248 bits per heavy atom. The van der Waals surface area contributed by atoms with Gasteiger partial charge >= 0.3 is 0 Å². The molecule has 17 aromatic carbocycles. The van der Waals surface area contributed by atoms with E-state index in [1.54, 1.807) is 0 Å². The smallest absolute Gasteiger partial charge is 0.192 e. The Bertz CT molecular complexity index is 5820. The first-order valence-electron chi connectivity index (χ1n) is 36.4. The van der Waals surface area contributed by atoms with Gasteiger partial charge in [-0.15, -0.1) is 0 Å². The normalized spacial score (nSPS) is 12.6. The van der Waals surface area contributed by atoms with Crippen LogP contribution in [0.5, 0.6) is 0 Å². The van der Waals surface area contributed by atoms with E-state index in [4.69, 9.17) is 1.41 Å². The van der Waals surface area contributed by atoms with Crippen molar-refractivity contribution in [3.63, 3.8) is 0 Å². The molecule has 0 saturated carbocycles. The van der Waals surface area contributed by atoms with Gasteiger partial charge in [0.05, 0.1) is 16.8 Å². The third-order valence-electron chi connectivity index (χ3n) is 21.3. The van der Waals surface area contributed by atoms with E-state index in [1.165, 1.54) is 110 Å². The molecule has 4 nitrogen and oxygen atoms in total. The molecule has 0 fully saturated rings. The molecule has 0 radical (unpaired) electrons. The average Bonchev–Trinajstić information content (AvgIpc) is 1.52. The van der Waals surface area contributed by atoms with Crippen molar-refractivity contribution in [3.8, 4) is 44.5 Å². The molecule has 0 heterocycles. The van der Waals surface area contributed by atoms with Gasteiger partial charge < -0.3 is 14.7 Å². The number of nitrogens with zero attached hydrogens (tertiary/aromatic N) is 3. The summed E-state index contributed by atoms with van der Waals surface area (Å²) >= 11 is 0. The fraction of sp³-hybridized carbons (Fsp3) is 0.0400. The standard InChI is InChI=1S/C56H41N.C44H32N2.H2NP/c1-55(2)51-25-15-14-24-47(51)48-31-29-45(36-53(48)55)57(44-28-26-39-18-12-13-19-40(39)34-44)46-30-32-49-50-35-41(38-16-6-3-7-17-38)27-33-52(50)56(54(49)37-46,42-20-8-4-9-21-42)43-22-10-5-11-23-43;1-3-17-37(18-4-1)45(43-23-11-15-35-13-7-9-21-41(35)43)39-29-25-33(26-30-39)34-27-31-40(32-28-34)46(38-19-5-2-6-20-38)44-24-12-16-36-14-8-10-22-42(36)44;1-2/h3-37H,1-2H3;1-32H;1-2H/i/hD. The summed E-state index contributed by atoms with van der Waals surface area (Å²) in [6.07, 6.45) is 0. The summed E-state index contributed by atoms with van der Waals surface area (Å²) in [5.74, 6) is 0. The molecule has 0 unspecified atom stereocenters. The van der Waals surface area contributed by atoms with Gasteiger partial charge in [-0.25, -0.2) is 0 Å². The van der Waals surface area contributed by atoms with Gasteiger partial charge in [0.15, 0.2) is 1.41 Å². The molecule has 19 rings (SSSR count). The van der Waals surface area contributed by atoms with Crippen molar-refractivity contribution in [2.75, 3.05) is 14.7 Å². The molecule has 500 valence electrons. The number of hydrogen-bond acceptors (Lipinski definition) is 4. The lowest BCUT2D eigenvalue weighted by Crippen LogP contribution is -2.28.